The van der Waals surface area contributed by atoms with Crippen LogP contribution in [0, 0.1) is 5.41 Å². The summed E-state index contributed by atoms with van der Waals surface area (Å²) in [5.74, 6) is 0. The molecule has 102 valence electrons. The molecule has 0 amide bonds. The van der Waals surface area contributed by atoms with E-state index < -0.39 is 0 Å². The van der Waals surface area contributed by atoms with Gasteiger partial charge >= 0.3 is 0 Å². The fourth-order valence-corrected chi connectivity index (χ4v) is 0.768. The maximum Gasteiger partial charge on any atom is 0.00305 e. The lowest BCUT2D eigenvalue weighted by Gasteiger charge is -1.90. The van der Waals surface area contributed by atoms with Crippen molar-refractivity contribution in [1.82, 2.24) is 5.32 Å². The van der Waals surface area contributed by atoms with Gasteiger partial charge in [0.05, 0.1) is 0 Å². The topological polar surface area (TPSA) is 61.9 Å². The highest BCUT2D eigenvalue weighted by Crippen LogP contribution is 1.95. The summed E-state index contributed by atoms with van der Waals surface area (Å²) in [6, 6.07) is 0. The second-order valence-corrected chi connectivity index (χ2v) is 3.19. The lowest BCUT2D eigenvalue weighted by molar-refractivity contribution is 0.733. The van der Waals surface area contributed by atoms with Crippen LogP contribution < -0.4 is 11.1 Å². The van der Waals surface area contributed by atoms with Gasteiger partial charge in [-0.05, 0) is 46.6 Å². The van der Waals surface area contributed by atoms with Crippen LogP contribution in [0.3, 0.4) is 0 Å². The van der Waals surface area contributed by atoms with E-state index in [1.807, 2.05) is 53.0 Å². The van der Waals surface area contributed by atoms with Crippen molar-refractivity contribution in [3.8, 4) is 0 Å². The van der Waals surface area contributed by atoms with Gasteiger partial charge in [0.15, 0.2) is 0 Å². The normalized spacial score (nSPS) is 10.1. The molecule has 0 spiro atoms. The Hall–Kier alpha value is -0.930. The standard InChI is InChI=1S/C8H13N.C4H12N2.C2H6/c1-3-4-5-8(2)6-7-9;1-6-4-2-3-5;1-2/h3-5,7,9H,6H2,1-2H3;6H,2-5H2,1H3;1-2H3/b4-3-,8-5+,9-7?;;. The first kappa shape index (κ1) is 21.4. The number of hydrogen-bond donors (Lipinski definition) is 3. The van der Waals surface area contributed by atoms with Gasteiger partial charge in [-0.2, -0.15) is 0 Å². The molecule has 0 atom stereocenters. The molecule has 0 rings (SSSR count). The Morgan fingerprint density at radius 1 is 1.35 bits per heavy atom. The van der Waals surface area contributed by atoms with E-state index in [1.165, 1.54) is 11.8 Å². The smallest absolute Gasteiger partial charge is 0.00305 e. The van der Waals surface area contributed by atoms with Crippen molar-refractivity contribution < 1.29 is 0 Å². The first-order valence-electron chi connectivity index (χ1n) is 6.34. The average Bonchev–Trinajstić information content (AvgIpc) is 2.37. The maximum atomic E-state index is 6.78. The first-order valence-corrected chi connectivity index (χ1v) is 6.34. The van der Waals surface area contributed by atoms with Crippen molar-refractivity contribution in [2.24, 2.45) is 5.73 Å². The highest BCUT2D eigenvalue weighted by atomic mass is 14.8. The van der Waals surface area contributed by atoms with Crippen molar-refractivity contribution in [3.63, 3.8) is 0 Å². The Balaban J connectivity index is -0.000000213. The van der Waals surface area contributed by atoms with Crippen LogP contribution in [-0.4, -0.2) is 26.4 Å². The monoisotopic (exact) mass is 241 g/mol. The van der Waals surface area contributed by atoms with Gasteiger partial charge in [-0.25, -0.2) is 0 Å². The molecule has 0 aromatic carbocycles. The van der Waals surface area contributed by atoms with Crippen LogP contribution in [-0.2, 0) is 0 Å². The summed E-state index contributed by atoms with van der Waals surface area (Å²) in [5.41, 5.74) is 6.40. The summed E-state index contributed by atoms with van der Waals surface area (Å²) in [6.07, 6.45) is 9.24. The molecule has 17 heavy (non-hydrogen) atoms. The minimum Gasteiger partial charge on any atom is -0.330 e. The average molecular weight is 241 g/mol. The van der Waals surface area contributed by atoms with Crippen LogP contribution in [0.15, 0.2) is 23.8 Å². The zero-order chi connectivity index (χ0) is 13.9. The summed E-state index contributed by atoms with van der Waals surface area (Å²) in [4.78, 5) is 0. The Bertz CT molecular complexity index is 180. The predicted octanol–water partition coefficient (Wildman–Crippen LogP) is 3.13. The molecule has 0 saturated carbocycles. The number of nitrogens with two attached hydrogens (primary N) is 1. The van der Waals surface area contributed by atoms with E-state index in [-0.39, 0.29) is 0 Å². The molecule has 0 bridgehead atoms. The lowest BCUT2D eigenvalue weighted by Crippen LogP contribution is -2.12. The molecule has 0 aromatic rings. The van der Waals surface area contributed by atoms with Crippen LogP contribution in [0.1, 0.15) is 40.5 Å². The number of hydrogen-bond acceptors (Lipinski definition) is 3. The van der Waals surface area contributed by atoms with E-state index in [0.717, 1.165) is 25.9 Å². The van der Waals surface area contributed by atoms with Crippen LogP contribution in [0.25, 0.3) is 0 Å². The summed E-state index contributed by atoms with van der Waals surface area (Å²) < 4.78 is 0. The molecule has 0 fully saturated rings. The minimum atomic E-state index is 0.768. The molecule has 0 heterocycles. The fraction of sp³-hybridized carbons (Fsp3) is 0.643. The molecule has 3 nitrogen and oxygen atoms in total. The quantitative estimate of drug-likeness (QED) is 0.380. The Morgan fingerprint density at radius 3 is 2.24 bits per heavy atom. The summed E-state index contributed by atoms with van der Waals surface area (Å²) in [7, 11) is 1.93. The van der Waals surface area contributed by atoms with Crippen LogP contribution in [0.4, 0.5) is 0 Å². The van der Waals surface area contributed by atoms with Crippen LogP contribution >= 0.6 is 0 Å². The molecule has 0 unspecified atom stereocenters. The van der Waals surface area contributed by atoms with E-state index >= 15 is 0 Å². The molecule has 0 saturated heterocycles. The third-order valence-corrected chi connectivity index (χ3v) is 1.63. The van der Waals surface area contributed by atoms with Crippen molar-refractivity contribution in [2.75, 3.05) is 20.1 Å². The zero-order valence-electron chi connectivity index (χ0n) is 12.2. The molecule has 0 aliphatic heterocycles. The molecule has 0 aliphatic rings. The maximum absolute atomic E-state index is 6.78. The molecule has 0 aliphatic carbocycles. The lowest BCUT2D eigenvalue weighted by atomic mass is 10.2. The molecule has 4 N–H and O–H groups in total. The van der Waals surface area contributed by atoms with Crippen molar-refractivity contribution >= 4 is 6.21 Å². The van der Waals surface area contributed by atoms with Gasteiger partial charge in [0.2, 0.25) is 0 Å². The SMILES string of the molecule is C/C=C\C=C(/C)CC=N.CC.CNCCCN. The molecular weight excluding hydrogens is 210 g/mol. The van der Waals surface area contributed by atoms with Gasteiger partial charge in [-0.1, -0.05) is 37.6 Å². The number of allylic oxidation sites excluding steroid dienone is 4. The summed E-state index contributed by atoms with van der Waals surface area (Å²) in [6.45, 7) is 9.83. The van der Waals surface area contributed by atoms with Gasteiger partial charge in [0.25, 0.3) is 0 Å². The number of nitrogens with one attached hydrogen (secondary N) is 2. The second kappa shape index (κ2) is 24.3. The summed E-state index contributed by atoms with van der Waals surface area (Å²) in [5, 5.41) is 9.77. The van der Waals surface area contributed by atoms with E-state index in [1.54, 1.807) is 0 Å². The van der Waals surface area contributed by atoms with Crippen molar-refractivity contribution in [3.05, 3.63) is 23.8 Å². The van der Waals surface area contributed by atoms with Gasteiger partial charge < -0.3 is 16.5 Å². The highest BCUT2D eigenvalue weighted by Gasteiger charge is 1.79. The molecule has 0 radical (unpaired) electrons. The van der Waals surface area contributed by atoms with E-state index in [4.69, 9.17) is 11.1 Å². The van der Waals surface area contributed by atoms with Gasteiger partial charge in [-0.3, -0.25) is 0 Å². The molecule has 3 heteroatoms. The Kier molecular flexibility index (Phi) is 30.6. The minimum absolute atomic E-state index is 0.768. The molecule has 0 aromatic heterocycles. The van der Waals surface area contributed by atoms with Gasteiger partial charge in [0.1, 0.15) is 0 Å². The van der Waals surface area contributed by atoms with Gasteiger partial charge in [-0.15, -0.1) is 0 Å². The van der Waals surface area contributed by atoms with Gasteiger partial charge in [0, 0.05) is 6.42 Å². The Morgan fingerprint density at radius 2 is 1.94 bits per heavy atom. The van der Waals surface area contributed by atoms with Crippen molar-refractivity contribution in [2.45, 2.75) is 40.5 Å². The second-order valence-electron chi connectivity index (χ2n) is 3.19. The fourth-order valence-electron chi connectivity index (χ4n) is 0.768. The molecular formula is C14H31N3. The van der Waals surface area contributed by atoms with E-state index in [9.17, 15) is 0 Å². The number of rotatable bonds is 6. The van der Waals surface area contributed by atoms with Crippen molar-refractivity contribution in [1.29, 1.82) is 5.41 Å². The highest BCUT2D eigenvalue weighted by molar-refractivity contribution is 5.57. The Labute approximate surface area is 108 Å². The zero-order valence-corrected chi connectivity index (χ0v) is 12.2. The third-order valence-electron chi connectivity index (χ3n) is 1.63. The largest absolute Gasteiger partial charge is 0.330 e. The summed E-state index contributed by atoms with van der Waals surface area (Å²) >= 11 is 0. The first-order chi connectivity index (χ1) is 8.22. The third kappa shape index (κ3) is 31.3. The van der Waals surface area contributed by atoms with Crippen LogP contribution in [0.5, 0.6) is 0 Å². The van der Waals surface area contributed by atoms with Crippen LogP contribution in [0.2, 0.25) is 0 Å². The van der Waals surface area contributed by atoms with E-state index in [2.05, 4.69) is 5.32 Å². The predicted molar refractivity (Wildman–Crippen MR) is 80.9 cm³/mol. The van der Waals surface area contributed by atoms with E-state index in [0.29, 0.717) is 0 Å².